The van der Waals surface area contributed by atoms with Crippen LogP contribution in [0.5, 0.6) is 5.75 Å². The predicted octanol–water partition coefficient (Wildman–Crippen LogP) is 4.10. The molecule has 26 heavy (non-hydrogen) atoms. The Labute approximate surface area is 155 Å². The zero-order valence-corrected chi connectivity index (χ0v) is 15.4. The quantitative estimate of drug-likeness (QED) is 0.903. The Balaban J connectivity index is 1.57. The maximum atomic E-state index is 12.8. The fourth-order valence-electron chi connectivity index (χ4n) is 4.90. The monoisotopic (exact) mass is 350 g/mol. The van der Waals surface area contributed by atoms with Crippen molar-refractivity contribution < 1.29 is 9.53 Å². The summed E-state index contributed by atoms with van der Waals surface area (Å²) in [4.78, 5) is 17.1. The number of nitrogens with zero attached hydrogens (tertiary/aromatic N) is 1. The van der Waals surface area contributed by atoms with Gasteiger partial charge < -0.3 is 10.1 Å². The second-order valence-electron chi connectivity index (χ2n) is 7.55. The van der Waals surface area contributed by atoms with Crippen LogP contribution in [0.1, 0.15) is 53.2 Å². The van der Waals surface area contributed by atoms with Gasteiger partial charge in [0.2, 0.25) is 0 Å². The number of fused-ring (bicyclic) bond motifs is 1. The van der Waals surface area contributed by atoms with Crippen LogP contribution in [0.3, 0.4) is 0 Å². The SMILES string of the molecule is COc1ccc([C@H]2[C@H]3CCCC[C@@H]3[C@@H]2NC(=O)c2cccnc2C)cc1. The van der Waals surface area contributed by atoms with Crippen molar-refractivity contribution >= 4 is 5.91 Å². The fourth-order valence-corrected chi connectivity index (χ4v) is 4.90. The number of hydrogen-bond donors (Lipinski definition) is 1. The molecule has 1 aromatic heterocycles. The molecule has 2 aliphatic rings. The van der Waals surface area contributed by atoms with Crippen LogP contribution in [0, 0.1) is 18.8 Å². The van der Waals surface area contributed by atoms with E-state index < -0.39 is 0 Å². The molecule has 0 bridgehead atoms. The molecule has 2 saturated carbocycles. The molecule has 0 spiro atoms. The van der Waals surface area contributed by atoms with Crippen molar-refractivity contribution in [2.24, 2.45) is 11.8 Å². The van der Waals surface area contributed by atoms with Crippen LogP contribution in [0.25, 0.3) is 0 Å². The molecule has 1 aromatic carbocycles. The van der Waals surface area contributed by atoms with Crippen molar-refractivity contribution in [3.05, 3.63) is 59.4 Å². The smallest absolute Gasteiger partial charge is 0.253 e. The van der Waals surface area contributed by atoms with E-state index in [1.807, 2.05) is 31.2 Å². The highest BCUT2D eigenvalue weighted by Crippen LogP contribution is 2.54. The molecule has 4 atom stereocenters. The predicted molar refractivity (Wildman–Crippen MR) is 101 cm³/mol. The summed E-state index contributed by atoms with van der Waals surface area (Å²) in [6, 6.07) is 12.3. The van der Waals surface area contributed by atoms with E-state index in [1.165, 1.54) is 31.2 Å². The Hall–Kier alpha value is -2.36. The number of nitrogens with one attached hydrogen (secondary N) is 1. The first-order chi connectivity index (χ1) is 12.7. The standard InChI is InChI=1S/C22H26N2O2/c1-14-17(8-5-13-23-14)22(25)24-21-19-7-4-3-6-18(19)20(21)15-9-11-16(26-2)12-10-15/h5,8-13,18-21H,3-4,6-7H2,1-2H3,(H,24,25)/t18-,19-,20-,21-/m0/s1. The van der Waals surface area contributed by atoms with Crippen molar-refractivity contribution in [3.8, 4) is 5.75 Å². The van der Waals surface area contributed by atoms with Crippen LogP contribution in [0.2, 0.25) is 0 Å². The van der Waals surface area contributed by atoms with Crippen molar-refractivity contribution in [1.82, 2.24) is 10.3 Å². The van der Waals surface area contributed by atoms with Crippen molar-refractivity contribution in [3.63, 3.8) is 0 Å². The van der Waals surface area contributed by atoms with Gasteiger partial charge in [-0.2, -0.15) is 0 Å². The average molecular weight is 350 g/mol. The number of methoxy groups -OCH3 is 1. The van der Waals surface area contributed by atoms with Crippen molar-refractivity contribution in [2.75, 3.05) is 7.11 Å². The summed E-state index contributed by atoms with van der Waals surface area (Å²) in [5.74, 6) is 2.55. The van der Waals surface area contributed by atoms with Gasteiger partial charge in [0.05, 0.1) is 12.7 Å². The van der Waals surface area contributed by atoms with Crippen LogP contribution in [-0.4, -0.2) is 24.0 Å². The normalized spacial score (nSPS) is 27.2. The first-order valence-corrected chi connectivity index (χ1v) is 9.55. The Kier molecular flexibility index (Phi) is 4.66. The van der Waals surface area contributed by atoms with E-state index in [0.717, 1.165) is 11.4 Å². The van der Waals surface area contributed by atoms with Crippen LogP contribution in [-0.2, 0) is 0 Å². The minimum atomic E-state index is 0.00290. The molecule has 2 aromatic rings. The van der Waals surface area contributed by atoms with Gasteiger partial charge in [-0.1, -0.05) is 25.0 Å². The lowest BCUT2D eigenvalue weighted by Gasteiger charge is -2.55. The summed E-state index contributed by atoms with van der Waals surface area (Å²) in [6.45, 7) is 1.89. The number of aryl methyl sites for hydroxylation is 1. The van der Waals surface area contributed by atoms with E-state index in [1.54, 1.807) is 13.3 Å². The molecular weight excluding hydrogens is 324 g/mol. The molecule has 4 nitrogen and oxygen atoms in total. The van der Waals surface area contributed by atoms with Gasteiger partial charge >= 0.3 is 0 Å². The molecule has 4 heteroatoms. The lowest BCUT2D eigenvalue weighted by molar-refractivity contribution is 0.0251. The number of aromatic nitrogens is 1. The number of ether oxygens (including phenoxy) is 1. The third-order valence-electron chi connectivity index (χ3n) is 6.23. The molecule has 1 heterocycles. The molecule has 1 N–H and O–H groups in total. The van der Waals surface area contributed by atoms with Gasteiger partial charge in [-0.25, -0.2) is 0 Å². The lowest BCUT2D eigenvalue weighted by atomic mass is 9.53. The van der Waals surface area contributed by atoms with Gasteiger partial charge in [-0.15, -0.1) is 0 Å². The number of hydrogen-bond acceptors (Lipinski definition) is 3. The summed E-state index contributed by atoms with van der Waals surface area (Å²) in [5.41, 5.74) is 2.77. The minimum Gasteiger partial charge on any atom is -0.497 e. The molecule has 1 amide bonds. The zero-order chi connectivity index (χ0) is 18.1. The van der Waals surface area contributed by atoms with Crippen molar-refractivity contribution in [2.45, 2.75) is 44.6 Å². The van der Waals surface area contributed by atoms with Gasteiger partial charge in [0.1, 0.15) is 5.75 Å². The van der Waals surface area contributed by atoms with Crippen LogP contribution >= 0.6 is 0 Å². The number of amides is 1. The molecule has 0 aliphatic heterocycles. The number of carbonyl (C=O) groups excluding carboxylic acids is 1. The van der Waals surface area contributed by atoms with E-state index in [4.69, 9.17) is 4.74 Å². The molecule has 0 saturated heterocycles. The molecule has 0 radical (unpaired) electrons. The maximum absolute atomic E-state index is 12.8. The lowest BCUT2D eigenvalue weighted by Crippen LogP contribution is -2.59. The highest BCUT2D eigenvalue weighted by Gasteiger charge is 2.51. The van der Waals surface area contributed by atoms with Gasteiger partial charge in [-0.3, -0.25) is 9.78 Å². The van der Waals surface area contributed by atoms with E-state index in [0.29, 0.717) is 23.3 Å². The first-order valence-electron chi connectivity index (χ1n) is 9.55. The van der Waals surface area contributed by atoms with Crippen LogP contribution in [0.4, 0.5) is 0 Å². The Morgan fingerprint density at radius 2 is 1.85 bits per heavy atom. The Morgan fingerprint density at radius 3 is 2.54 bits per heavy atom. The largest absolute Gasteiger partial charge is 0.497 e. The zero-order valence-electron chi connectivity index (χ0n) is 15.4. The Morgan fingerprint density at radius 1 is 1.12 bits per heavy atom. The number of benzene rings is 1. The van der Waals surface area contributed by atoms with Gasteiger partial charge in [0.15, 0.2) is 0 Å². The van der Waals surface area contributed by atoms with Gasteiger partial charge in [-0.05, 0) is 61.4 Å². The van der Waals surface area contributed by atoms with Gasteiger partial charge in [0, 0.05) is 23.9 Å². The third kappa shape index (κ3) is 2.98. The number of pyridine rings is 1. The second kappa shape index (κ2) is 7.10. The summed E-state index contributed by atoms with van der Waals surface area (Å²) in [5, 5.41) is 3.34. The highest BCUT2D eigenvalue weighted by atomic mass is 16.5. The number of carbonyl (C=O) groups is 1. The van der Waals surface area contributed by atoms with E-state index >= 15 is 0 Å². The molecular formula is C22H26N2O2. The first kappa shape index (κ1) is 17.1. The molecule has 2 fully saturated rings. The minimum absolute atomic E-state index is 0.00290. The topological polar surface area (TPSA) is 51.2 Å². The fraction of sp³-hybridized carbons (Fsp3) is 0.455. The second-order valence-corrected chi connectivity index (χ2v) is 7.55. The summed E-state index contributed by atoms with van der Waals surface area (Å²) in [6.07, 6.45) is 6.78. The van der Waals surface area contributed by atoms with Crippen LogP contribution in [0.15, 0.2) is 42.6 Å². The summed E-state index contributed by atoms with van der Waals surface area (Å²) < 4.78 is 5.29. The Bertz CT molecular complexity index is 787. The van der Waals surface area contributed by atoms with Crippen LogP contribution < -0.4 is 10.1 Å². The molecule has 2 aliphatic carbocycles. The van der Waals surface area contributed by atoms with Crippen molar-refractivity contribution in [1.29, 1.82) is 0 Å². The van der Waals surface area contributed by atoms with Gasteiger partial charge in [0.25, 0.3) is 5.91 Å². The average Bonchev–Trinajstić information content (AvgIpc) is 2.67. The van der Waals surface area contributed by atoms with E-state index in [-0.39, 0.29) is 11.9 Å². The van der Waals surface area contributed by atoms with E-state index in [9.17, 15) is 4.79 Å². The number of rotatable bonds is 4. The molecule has 0 unspecified atom stereocenters. The third-order valence-corrected chi connectivity index (χ3v) is 6.23. The maximum Gasteiger partial charge on any atom is 0.253 e. The molecule has 136 valence electrons. The summed E-state index contributed by atoms with van der Waals surface area (Å²) >= 11 is 0. The highest BCUT2D eigenvalue weighted by molar-refractivity contribution is 5.95. The van der Waals surface area contributed by atoms with E-state index in [2.05, 4.69) is 22.4 Å². The molecule has 4 rings (SSSR count). The summed E-state index contributed by atoms with van der Waals surface area (Å²) in [7, 11) is 1.69.